The van der Waals surface area contributed by atoms with Gasteiger partial charge in [0.05, 0.1) is 9.95 Å². The first kappa shape index (κ1) is 14.0. The Bertz CT molecular complexity index is 483. The molecule has 1 aromatic heterocycles. The topological polar surface area (TPSA) is 62.5 Å². The van der Waals surface area contributed by atoms with Crippen LogP contribution in [0, 0.1) is 10.1 Å². The molecule has 104 valence electrons. The number of pyridine rings is 1. The quantitative estimate of drug-likeness (QED) is 0.626. The molecule has 1 aromatic rings. The Morgan fingerprint density at radius 1 is 1.68 bits per heavy atom. The maximum absolute atomic E-state index is 10.7. The summed E-state index contributed by atoms with van der Waals surface area (Å²) in [5, 5.41) is 11.0. The summed E-state index contributed by atoms with van der Waals surface area (Å²) >= 11 is 6.09. The molecule has 1 unspecified atom stereocenters. The zero-order valence-electron chi connectivity index (χ0n) is 11.0. The van der Waals surface area contributed by atoms with Crippen molar-refractivity contribution in [2.24, 2.45) is 0 Å². The first-order valence-electron chi connectivity index (χ1n) is 6.28. The second kappa shape index (κ2) is 5.71. The number of rotatable bonds is 4. The van der Waals surface area contributed by atoms with E-state index in [-0.39, 0.29) is 5.69 Å². The molecule has 0 bridgehead atoms. The first-order valence-corrected chi connectivity index (χ1v) is 6.65. The van der Waals surface area contributed by atoms with Gasteiger partial charge in [-0.1, -0.05) is 18.5 Å². The minimum Gasteiger partial charge on any atom is -0.354 e. The van der Waals surface area contributed by atoms with E-state index in [1.807, 2.05) is 0 Å². The van der Waals surface area contributed by atoms with Crippen LogP contribution in [0.2, 0.25) is 5.02 Å². The van der Waals surface area contributed by atoms with Gasteiger partial charge in [-0.25, -0.2) is 4.98 Å². The lowest BCUT2D eigenvalue weighted by Gasteiger charge is -2.23. The van der Waals surface area contributed by atoms with Gasteiger partial charge >= 0.3 is 0 Å². The standard InChI is InChI=1S/C12H17ClN4O2/c1-3-15(2)9-4-5-16(8-9)12-11(13)6-10(7-14-12)17(18)19/h6-7,9H,3-5,8H2,1-2H3. The maximum Gasteiger partial charge on any atom is 0.289 e. The van der Waals surface area contributed by atoms with E-state index in [1.165, 1.54) is 12.3 Å². The Balaban J connectivity index is 2.13. The van der Waals surface area contributed by atoms with Gasteiger partial charge in [0.15, 0.2) is 0 Å². The van der Waals surface area contributed by atoms with E-state index >= 15 is 0 Å². The summed E-state index contributed by atoms with van der Waals surface area (Å²) in [7, 11) is 2.10. The number of aromatic nitrogens is 1. The molecule has 0 amide bonds. The van der Waals surface area contributed by atoms with Crippen LogP contribution in [0.3, 0.4) is 0 Å². The van der Waals surface area contributed by atoms with Gasteiger partial charge in [0.2, 0.25) is 0 Å². The molecule has 2 heterocycles. The van der Waals surface area contributed by atoms with Gasteiger partial charge in [0, 0.05) is 25.2 Å². The van der Waals surface area contributed by atoms with Crippen molar-refractivity contribution in [2.75, 3.05) is 31.6 Å². The van der Waals surface area contributed by atoms with Crippen molar-refractivity contribution in [3.63, 3.8) is 0 Å². The van der Waals surface area contributed by atoms with Crippen LogP contribution in [-0.4, -0.2) is 47.5 Å². The van der Waals surface area contributed by atoms with E-state index < -0.39 is 4.92 Å². The molecule has 7 heteroatoms. The lowest BCUT2D eigenvalue weighted by molar-refractivity contribution is -0.385. The molecule has 0 radical (unpaired) electrons. The molecule has 0 aromatic carbocycles. The number of likely N-dealkylation sites (N-methyl/N-ethyl adjacent to an activating group) is 1. The first-order chi connectivity index (χ1) is 9.02. The number of nitrogens with zero attached hydrogens (tertiary/aromatic N) is 4. The Hall–Kier alpha value is -1.40. The molecule has 2 rings (SSSR count). The third kappa shape index (κ3) is 2.96. The highest BCUT2D eigenvalue weighted by Crippen LogP contribution is 2.30. The van der Waals surface area contributed by atoms with Gasteiger partial charge in [-0.3, -0.25) is 10.1 Å². The summed E-state index contributed by atoms with van der Waals surface area (Å²) in [4.78, 5) is 18.7. The molecule has 0 N–H and O–H groups in total. The van der Waals surface area contributed by atoms with E-state index in [0.29, 0.717) is 16.9 Å². The molecule has 0 aliphatic carbocycles. The van der Waals surface area contributed by atoms with Gasteiger partial charge < -0.3 is 9.80 Å². The monoisotopic (exact) mass is 284 g/mol. The molecule has 0 spiro atoms. The second-order valence-electron chi connectivity index (χ2n) is 4.72. The predicted molar refractivity (Wildman–Crippen MR) is 74.8 cm³/mol. The van der Waals surface area contributed by atoms with Crippen LogP contribution in [0.1, 0.15) is 13.3 Å². The maximum atomic E-state index is 10.7. The highest BCUT2D eigenvalue weighted by atomic mass is 35.5. The van der Waals surface area contributed by atoms with Crippen LogP contribution in [-0.2, 0) is 0 Å². The fraction of sp³-hybridized carbons (Fsp3) is 0.583. The summed E-state index contributed by atoms with van der Waals surface area (Å²) in [6, 6.07) is 1.85. The van der Waals surface area contributed by atoms with Gasteiger partial charge in [0.1, 0.15) is 12.0 Å². The third-order valence-electron chi connectivity index (χ3n) is 3.60. The van der Waals surface area contributed by atoms with E-state index in [2.05, 4.69) is 28.8 Å². The van der Waals surface area contributed by atoms with E-state index in [4.69, 9.17) is 11.6 Å². The molecule has 1 fully saturated rings. The summed E-state index contributed by atoms with van der Waals surface area (Å²) in [5.41, 5.74) is -0.0739. The van der Waals surface area contributed by atoms with Crippen molar-refractivity contribution in [2.45, 2.75) is 19.4 Å². The number of anilines is 1. The lowest BCUT2D eigenvalue weighted by atomic mass is 10.2. The van der Waals surface area contributed by atoms with Gasteiger partial charge in [0.25, 0.3) is 5.69 Å². The largest absolute Gasteiger partial charge is 0.354 e. The van der Waals surface area contributed by atoms with Gasteiger partial charge in [-0.05, 0) is 20.0 Å². The second-order valence-corrected chi connectivity index (χ2v) is 5.12. The Labute approximate surface area is 117 Å². The zero-order valence-corrected chi connectivity index (χ0v) is 11.8. The Kier molecular flexibility index (Phi) is 4.21. The number of hydrogen-bond donors (Lipinski definition) is 0. The van der Waals surface area contributed by atoms with Crippen molar-refractivity contribution < 1.29 is 4.92 Å². The number of hydrogen-bond acceptors (Lipinski definition) is 5. The smallest absolute Gasteiger partial charge is 0.289 e. The average Bonchev–Trinajstić information content (AvgIpc) is 2.87. The van der Waals surface area contributed by atoms with Crippen molar-refractivity contribution in [3.8, 4) is 0 Å². The Morgan fingerprint density at radius 3 is 3.00 bits per heavy atom. The van der Waals surface area contributed by atoms with Crippen molar-refractivity contribution >= 4 is 23.1 Å². The highest BCUT2D eigenvalue weighted by molar-refractivity contribution is 6.33. The molecular weight excluding hydrogens is 268 g/mol. The highest BCUT2D eigenvalue weighted by Gasteiger charge is 2.27. The summed E-state index contributed by atoms with van der Waals surface area (Å²) in [5.74, 6) is 0.638. The van der Waals surface area contributed by atoms with E-state index in [1.54, 1.807) is 0 Å². The molecular formula is C12H17ClN4O2. The number of halogens is 1. The van der Waals surface area contributed by atoms with Gasteiger partial charge in [-0.2, -0.15) is 0 Å². The van der Waals surface area contributed by atoms with Crippen LogP contribution < -0.4 is 4.90 Å². The average molecular weight is 285 g/mol. The molecule has 1 atom stereocenters. The van der Waals surface area contributed by atoms with Crippen molar-refractivity contribution in [1.82, 2.24) is 9.88 Å². The third-order valence-corrected chi connectivity index (χ3v) is 3.88. The van der Waals surface area contributed by atoms with Crippen molar-refractivity contribution in [1.29, 1.82) is 0 Å². The van der Waals surface area contributed by atoms with E-state index in [0.717, 1.165) is 26.1 Å². The number of nitro groups is 1. The van der Waals surface area contributed by atoms with Crippen LogP contribution >= 0.6 is 11.6 Å². The molecule has 6 nitrogen and oxygen atoms in total. The van der Waals surface area contributed by atoms with E-state index in [9.17, 15) is 10.1 Å². The molecule has 1 aliphatic rings. The SMILES string of the molecule is CCN(C)C1CCN(c2ncc([N+](=O)[O-])cc2Cl)C1. The summed E-state index contributed by atoms with van der Waals surface area (Å²) in [6.45, 7) is 4.86. The minimum absolute atomic E-state index is 0.0739. The molecule has 1 aliphatic heterocycles. The van der Waals surface area contributed by atoms with Crippen LogP contribution in [0.5, 0.6) is 0 Å². The fourth-order valence-corrected chi connectivity index (χ4v) is 2.59. The summed E-state index contributed by atoms with van der Waals surface area (Å²) < 4.78 is 0. The normalized spacial score (nSPS) is 19.2. The molecule has 1 saturated heterocycles. The molecule has 0 saturated carbocycles. The Morgan fingerprint density at radius 2 is 2.42 bits per heavy atom. The van der Waals surface area contributed by atoms with Crippen LogP contribution in [0.25, 0.3) is 0 Å². The minimum atomic E-state index is -0.486. The molecule has 19 heavy (non-hydrogen) atoms. The summed E-state index contributed by atoms with van der Waals surface area (Å²) in [6.07, 6.45) is 2.32. The van der Waals surface area contributed by atoms with Gasteiger partial charge in [-0.15, -0.1) is 0 Å². The van der Waals surface area contributed by atoms with Crippen LogP contribution in [0.4, 0.5) is 11.5 Å². The van der Waals surface area contributed by atoms with Crippen LogP contribution in [0.15, 0.2) is 12.3 Å². The van der Waals surface area contributed by atoms with Crippen molar-refractivity contribution in [3.05, 3.63) is 27.4 Å². The lowest BCUT2D eigenvalue weighted by Crippen LogP contribution is -2.34. The fourth-order valence-electron chi connectivity index (χ4n) is 2.31. The predicted octanol–water partition coefficient (Wildman–Crippen LogP) is 2.17. The zero-order chi connectivity index (χ0) is 14.0.